The highest BCUT2D eigenvalue weighted by molar-refractivity contribution is 6.37. The standard InChI is InChI=1S/C33H53Cl2N5O7/c1-9-12-23(37-33(47)28(19(8)10-2)40-30(44)20-14-21(34)29(43)22(35)15-20)31(45)38-24(13-17(4)5)25(41)16-26(42)39-27(18(6)7)32(46)36-11-3/h14-15,17-19,23-25,27-28,41,43H,9-13,16H2,1-8H3,(H,36,46)(H,37,47)(H,38,45)(H,39,42)(H,40,44)/t19-,23-,24-,25-,27-,28-/m0/s1. The number of aromatic hydroxyl groups is 1. The second-order valence-corrected chi connectivity index (χ2v) is 13.5. The van der Waals surface area contributed by atoms with Crippen LogP contribution in [-0.2, 0) is 19.2 Å². The first-order chi connectivity index (χ1) is 22.0. The zero-order valence-electron chi connectivity index (χ0n) is 28.7. The molecule has 47 heavy (non-hydrogen) atoms. The van der Waals surface area contributed by atoms with E-state index in [1.54, 1.807) is 27.7 Å². The highest BCUT2D eigenvalue weighted by atomic mass is 35.5. The Morgan fingerprint density at radius 2 is 1.40 bits per heavy atom. The molecule has 0 aliphatic carbocycles. The number of phenols is 1. The molecule has 7 N–H and O–H groups in total. The van der Waals surface area contributed by atoms with Gasteiger partial charge in [-0.1, -0.05) is 84.5 Å². The van der Waals surface area contributed by atoms with Crippen molar-refractivity contribution in [2.75, 3.05) is 6.54 Å². The molecule has 14 heteroatoms. The Bertz CT molecular complexity index is 1210. The molecular weight excluding hydrogens is 649 g/mol. The Kier molecular flexibility index (Phi) is 18.1. The molecule has 1 rings (SSSR count). The number of carbonyl (C=O) groups is 5. The molecule has 0 saturated carbocycles. The van der Waals surface area contributed by atoms with Crippen LogP contribution >= 0.6 is 23.2 Å². The zero-order chi connectivity index (χ0) is 36.0. The Morgan fingerprint density at radius 1 is 0.809 bits per heavy atom. The minimum Gasteiger partial charge on any atom is -0.505 e. The van der Waals surface area contributed by atoms with Gasteiger partial charge in [-0.05, 0) is 49.7 Å². The third-order valence-electron chi connectivity index (χ3n) is 7.80. The van der Waals surface area contributed by atoms with Gasteiger partial charge in [0, 0.05) is 12.1 Å². The molecule has 1 aromatic rings. The zero-order valence-corrected chi connectivity index (χ0v) is 30.2. The van der Waals surface area contributed by atoms with Gasteiger partial charge in [0.1, 0.15) is 18.1 Å². The van der Waals surface area contributed by atoms with Crippen LogP contribution in [-0.4, -0.2) is 76.6 Å². The molecule has 0 heterocycles. The van der Waals surface area contributed by atoms with Gasteiger partial charge in [-0.3, -0.25) is 24.0 Å². The number of amides is 5. The molecule has 5 amide bonds. The fourth-order valence-electron chi connectivity index (χ4n) is 4.93. The summed E-state index contributed by atoms with van der Waals surface area (Å²) in [5.74, 6) is -3.45. The van der Waals surface area contributed by atoms with Crippen molar-refractivity contribution in [1.29, 1.82) is 0 Å². The van der Waals surface area contributed by atoms with Crippen LogP contribution in [0.5, 0.6) is 5.75 Å². The second kappa shape index (κ2) is 20.3. The number of nitrogens with one attached hydrogen (secondary N) is 5. The van der Waals surface area contributed by atoms with Crippen molar-refractivity contribution in [3.8, 4) is 5.75 Å². The van der Waals surface area contributed by atoms with Gasteiger partial charge in [0.25, 0.3) is 5.91 Å². The largest absolute Gasteiger partial charge is 0.505 e. The Hall–Kier alpha value is -3.09. The van der Waals surface area contributed by atoms with E-state index in [-0.39, 0.29) is 57.9 Å². The molecule has 0 radical (unpaired) electrons. The minimum absolute atomic E-state index is 0.0435. The molecule has 266 valence electrons. The van der Waals surface area contributed by atoms with Gasteiger partial charge >= 0.3 is 0 Å². The van der Waals surface area contributed by atoms with E-state index in [1.807, 2.05) is 27.7 Å². The number of hydrogen-bond donors (Lipinski definition) is 7. The Morgan fingerprint density at radius 3 is 1.89 bits per heavy atom. The number of phenolic OH excluding ortho intramolecular Hbond substituents is 1. The minimum atomic E-state index is -1.27. The number of likely N-dealkylation sites (N-methyl/N-ethyl adjacent to an activating group) is 1. The van der Waals surface area contributed by atoms with Crippen molar-refractivity contribution < 1.29 is 34.2 Å². The Labute approximate surface area is 288 Å². The van der Waals surface area contributed by atoms with Crippen LogP contribution < -0.4 is 26.6 Å². The van der Waals surface area contributed by atoms with Gasteiger partial charge in [0.2, 0.25) is 23.6 Å². The van der Waals surface area contributed by atoms with Gasteiger partial charge in [-0.2, -0.15) is 0 Å². The lowest BCUT2D eigenvalue weighted by atomic mass is 9.95. The number of rotatable bonds is 19. The highest BCUT2D eigenvalue weighted by Gasteiger charge is 2.33. The molecule has 0 aliphatic rings. The van der Waals surface area contributed by atoms with E-state index >= 15 is 0 Å². The molecule has 0 unspecified atom stereocenters. The number of benzene rings is 1. The molecule has 0 bridgehead atoms. The van der Waals surface area contributed by atoms with E-state index in [0.717, 1.165) is 0 Å². The summed E-state index contributed by atoms with van der Waals surface area (Å²) < 4.78 is 0. The second-order valence-electron chi connectivity index (χ2n) is 12.7. The quantitative estimate of drug-likeness (QED) is 0.115. The Balaban J connectivity index is 3.12. The molecule has 12 nitrogen and oxygen atoms in total. The normalized spacial score (nSPS) is 15.2. The predicted molar refractivity (Wildman–Crippen MR) is 183 cm³/mol. The van der Waals surface area contributed by atoms with Gasteiger partial charge in [-0.15, -0.1) is 0 Å². The van der Waals surface area contributed by atoms with Gasteiger partial charge in [0.05, 0.1) is 28.6 Å². The number of hydrogen-bond acceptors (Lipinski definition) is 7. The maximum Gasteiger partial charge on any atom is 0.252 e. The fourth-order valence-corrected chi connectivity index (χ4v) is 5.42. The monoisotopic (exact) mass is 701 g/mol. The predicted octanol–water partition coefficient (Wildman–Crippen LogP) is 3.69. The average Bonchev–Trinajstić information content (AvgIpc) is 2.99. The van der Waals surface area contributed by atoms with Crippen molar-refractivity contribution in [3.63, 3.8) is 0 Å². The summed E-state index contributed by atoms with van der Waals surface area (Å²) >= 11 is 12.0. The molecule has 0 fully saturated rings. The van der Waals surface area contributed by atoms with Gasteiger partial charge in [-0.25, -0.2) is 0 Å². The van der Waals surface area contributed by atoms with E-state index in [2.05, 4.69) is 26.6 Å². The molecule has 0 aromatic heterocycles. The van der Waals surface area contributed by atoms with E-state index in [4.69, 9.17) is 23.2 Å². The number of halogens is 2. The molecule has 0 spiro atoms. The molecule has 1 aromatic carbocycles. The smallest absolute Gasteiger partial charge is 0.252 e. The number of carbonyl (C=O) groups excluding carboxylic acids is 5. The summed E-state index contributed by atoms with van der Waals surface area (Å²) in [5, 5.41) is 34.3. The van der Waals surface area contributed by atoms with E-state index in [9.17, 15) is 34.2 Å². The summed E-state index contributed by atoms with van der Waals surface area (Å²) in [6.07, 6.45) is 0.0773. The van der Waals surface area contributed by atoms with Gasteiger partial charge < -0.3 is 36.8 Å². The first-order valence-corrected chi connectivity index (χ1v) is 17.1. The van der Waals surface area contributed by atoms with Crippen molar-refractivity contribution >= 4 is 52.7 Å². The summed E-state index contributed by atoms with van der Waals surface area (Å²) in [6.45, 7) is 15.1. The van der Waals surface area contributed by atoms with Crippen molar-refractivity contribution in [1.82, 2.24) is 26.6 Å². The number of aliphatic hydroxyl groups is 1. The van der Waals surface area contributed by atoms with Crippen LogP contribution in [0.4, 0.5) is 0 Å². The van der Waals surface area contributed by atoms with Gasteiger partial charge in [0.15, 0.2) is 5.75 Å². The van der Waals surface area contributed by atoms with Crippen LogP contribution in [0.2, 0.25) is 10.0 Å². The highest BCUT2D eigenvalue weighted by Crippen LogP contribution is 2.32. The SMILES string of the molecule is CCC[C@H](NC(=O)[C@@H](NC(=O)c1cc(Cl)c(O)c(Cl)c1)[C@@H](C)CC)C(=O)N[C@@H](CC(C)C)[C@@H](O)CC(=O)N[C@H](C(=O)NCC)C(C)C. The lowest BCUT2D eigenvalue weighted by Gasteiger charge is -2.30. The summed E-state index contributed by atoms with van der Waals surface area (Å²) in [6, 6.07) is -1.14. The third kappa shape index (κ3) is 13.5. The van der Waals surface area contributed by atoms with Crippen molar-refractivity contribution in [3.05, 3.63) is 27.7 Å². The number of aliphatic hydroxyl groups excluding tert-OH is 1. The topological polar surface area (TPSA) is 186 Å². The van der Waals surface area contributed by atoms with Crippen molar-refractivity contribution in [2.45, 2.75) is 118 Å². The van der Waals surface area contributed by atoms with E-state index < -0.39 is 53.9 Å². The summed E-state index contributed by atoms with van der Waals surface area (Å²) in [5.41, 5.74) is 0.0435. The van der Waals surface area contributed by atoms with E-state index in [0.29, 0.717) is 25.8 Å². The first kappa shape index (κ1) is 41.9. The lowest BCUT2D eigenvalue weighted by Crippen LogP contribution is -2.58. The molecule has 0 saturated heterocycles. The first-order valence-electron chi connectivity index (χ1n) is 16.3. The maximum atomic E-state index is 13.6. The average molecular weight is 703 g/mol. The summed E-state index contributed by atoms with van der Waals surface area (Å²) in [4.78, 5) is 65.5. The van der Waals surface area contributed by atoms with E-state index in [1.165, 1.54) is 12.1 Å². The van der Waals surface area contributed by atoms with Crippen LogP contribution in [0, 0.1) is 17.8 Å². The molecule has 0 aliphatic heterocycles. The third-order valence-corrected chi connectivity index (χ3v) is 8.38. The fraction of sp³-hybridized carbons (Fsp3) is 0.667. The van der Waals surface area contributed by atoms with Crippen LogP contribution in [0.3, 0.4) is 0 Å². The maximum absolute atomic E-state index is 13.6. The van der Waals surface area contributed by atoms with Crippen LogP contribution in [0.15, 0.2) is 12.1 Å². The van der Waals surface area contributed by atoms with Crippen molar-refractivity contribution in [2.24, 2.45) is 17.8 Å². The molecule has 6 atom stereocenters. The van der Waals surface area contributed by atoms with Crippen LogP contribution in [0.25, 0.3) is 0 Å². The summed E-state index contributed by atoms with van der Waals surface area (Å²) in [7, 11) is 0. The molecular formula is C33H53Cl2N5O7. The van der Waals surface area contributed by atoms with Crippen LogP contribution in [0.1, 0.15) is 97.9 Å². The lowest BCUT2D eigenvalue weighted by molar-refractivity contribution is -0.133.